The van der Waals surface area contributed by atoms with E-state index in [9.17, 15) is 9.59 Å². The third-order valence-electron chi connectivity index (χ3n) is 3.91. The molecule has 1 aromatic heterocycles. The maximum Gasteiger partial charge on any atom is 0.306 e. The Morgan fingerprint density at radius 1 is 1.50 bits per heavy atom. The van der Waals surface area contributed by atoms with E-state index in [2.05, 4.69) is 5.10 Å². The number of aromatic nitrogens is 2. The number of likely N-dealkylation sites (tertiary alicyclic amines) is 1. The van der Waals surface area contributed by atoms with E-state index in [1.807, 2.05) is 0 Å². The highest BCUT2D eigenvalue weighted by molar-refractivity contribution is 6.30. The van der Waals surface area contributed by atoms with Crippen LogP contribution in [0, 0.1) is 0 Å². The second-order valence-electron chi connectivity index (χ2n) is 5.43. The summed E-state index contributed by atoms with van der Waals surface area (Å²) >= 11 is 5.78. The molecule has 1 spiro atoms. The molecule has 2 saturated heterocycles. The number of carbonyl (C=O) groups excluding carboxylic acids is 2. The van der Waals surface area contributed by atoms with E-state index in [1.165, 1.54) is 10.9 Å². The molecule has 1 aromatic rings. The Kier molecular flexibility index (Phi) is 3.41. The van der Waals surface area contributed by atoms with Crippen molar-refractivity contribution in [2.24, 2.45) is 0 Å². The minimum Gasteiger partial charge on any atom is -0.457 e. The molecule has 0 aromatic carbocycles. The van der Waals surface area contributed by atoms with Crippen molar-refractivity contribution in [1.29, 1.82) is 0 Å². The van der Waals surface area contributed by atoms with E-state index < -0.39 is 5.60 Å². The molecule has 7 heteroatoms. The Hall–Kier alpha value is -1.56. The number of carbonyl (C=O) groups is 2. The number of piperidine rings is 1. The van der Waals surface area contributed by atoms with E-state index in [0.717, 1.165) is 12.8 Å². The van der Waals surface area contributed by atoms with Crippen molar-refractivity contribution in [3.8, 4) is 0 Å². The summed E-state index contributed by atoms with van der Waals surface area (Å²) in [7, 11) is 0. The molecule has 0 radical (unpaired) electrons. The Bertz CT molecular complexity index is 545. The summed E-state index contributed by atoms with van der Waals surface area (Å²) in [5.74, 6) is -0.176. The molecule has 0 aliphatic carbocycles. The van der Waals surface area contributed by atoms with Gasteiger partial charge >= 0.3 is 5.97 Å². The fourth-order valence-corrected chi connectivity index (χ4v) is 3.09. The number of rotatable bonds is 2. The smallest absolute Gasteiger partial charge is 0.306 e. The zero-order valence-electron chi connectivity index (χ0n) is 11.0. The fraction of sp³-hybridized carbons (Fsp3) is 0.615. The molecule has 2 aliphatic heterocycles. The van der Waals surface area contributed by atoms with Crippen LogP contribution in [-0.4, -0.2) is 45.2 Å². The van der Waals surface area contributed by atoms with Crippen LogP contribution in [0.25, 0.3) is 0 Å². The van der Waals surface area contributed by atoms with Gasteiger partial charge in [-0.2, -0.15) is 5.10 Å². The predicted octanol–water partition coefficient (Wildman–Crippen LogP) is 1.23. The maximum absolute atomic E-state index is 12.3. The summed E-state index contributed by atoms with van der Waals surface area (Å²) in [5.41, 5.74) is -0.452. The lowest BCUT2D eigenvalue weighted by Gasteiger charge is -2.39. The second-order valence-corrected chi connectivity index (χ2v) is 5.87. The summed E-state index contributed by atoms with van der Waals surface area (Å²) in [6, 6.07) is 0. The molecule has 3 rings (SSSR count). The van der Waals surface area contributed by atoms with Gasteiger partial charge in [0.25, 0.3) is 0 Å². The average Bonchev–Trinajstić information content (AvgIpc) is 2.97. The van der Waals surface area contributed by atoms with Gasteiger partial charge in [-0.05, 0) is 19.3 Å². The van der Waals surface area contributed by atoms with Gasteiger partial charge in [0.15, 0.2) is 0 Å². The Morgan fingerprint density at radius 2 is 2.35 bits per heavy atom. The van der Waals surface area contributed by atoms with Gasteiger partial charge in [0.05, 0.1) is 17.8 Å². The third kappa shape index (κ3) is 2.65. The molecule has 108 valence electrons. The van der Waals surface area contributed by atoms with Gasteiger partial charge in [-0.15, -0.1) is 0 Å². The first-order valence-corrected chi connectivity index (χ1v) is 7.12. The molecule has 1 atom stereocenters. The van der Waals surface area contributed by atoms with E-state index in [1.54, 1.807) is 11.1 Å². The summed E-state index contributed by atoms with van der Waals surface area (Å²) in [6.07, 6.45) is 6.00. The number of ether oxygens (including phenoxy) is 1. The van der Waals surface area contributed by atoms with Crippen LogP contribution >= 0.6 is 11.6 Å². The van der Waals surface area contributed by atoms with Crippen LogP contribution in [-0.2, 0) is 20.9 Å². The topological polar surface area (TPSA) is 64.4 Å². The first kappa shape index (κ1) is 13.4. The molecule has 20 heavy (non-hydrogen) atoms. The standard InChI is InChI=1S/C13H16ClN3O3/c14-10-6-15-17(7-10)8-11(18)16-5-1-3-13(9-16)4-2-12(19)20-13/h6-7H,1-5,8-9H2. The van der Waals surface area contributed by atoms with Gasteiger partial charge in [0.2, 0.25) is 5.91 Å². The van der Waals surface area contributed by atoms with Gasteiger partial charge in [-0.25, -0.2) is 0 Å². The summed E-state index contributed by atoms with van der Waals surface area (Å²) in [6.45, 7) is 1.36. The lowest BCUT2D eigenvalue weighted by molar-refractivity contribution is -0.157. The SMILES string of the molecule is O=C1CCC2(CCCN(C(=O)Cn3cc(Cl)cn3)C2)O1. The molecular formula is C13H16ClN3O3. The molecule has 0 N–H and O–H groups in total. The highest BCUT2D eigenvalue weighted by Gasteiger charge is 2.44. The Balaban J connectivity index is 1.64. The van der Waals surface area contributed by atoms with Gasteiger partial charge < -0.3 is 9.64 Å². The fourth-order valence-electron chi connectivity index (χ4n) is 2.94. The summed E-state index contributed by atoms with van der Waals surface area (Å²) in [5, 5.41) is 4.52. The molecule has 6 nitrogen and oxygen atoms in total. The summed E-state index contributed by atoms with van der Waals surface area (Å²) in [4.78, 5) is 25.4. The molecular weight excluding hydrogens is 282 g/mol. The quantitative estimate of drug-likeness (QED) is 0.770. The number of nitrogens with zero attached hydrogens (tertiary/aromatic N) is 3. The monoisotopic (exact) mass is 297 g/mol. The van der Waals surface area contributed by atoms with Crippen molar-refractivity contribution in [2.75, 3.05) is 13.1 Å². The van der Waals surface area contributed by atoms with Crippen molar-refractivity contribution >= 4 is 23.5 Å². The van der Waals surface area contributed by atoms with Crippen LogP contribution < -0.4 is 0 Å². The first-order valence-electron chi connectivity index (χ1n) is 6.74. The molecule has 1 amide bonds. The number of esters is 1. The van der Waals surface area contributed by atoms with Crippen LogP contribution in [0.3, 0.4) is 0 Å². The van der Waals surface area contributed by atoms with Crippen LogP contribution in [0.5, 0.6) is 0 Å². The predicted molar refractivity (Wildman–Crippen MR) is 71.1 cm³/mol. The zero-order chi connectivity index (χ0) is 14.2. The van der Waals surface area contributed by atoms with Crippen molar-refractivity contribution in [1.82, 2.24) is 14.7 Å². The van der Waals surface area contributed by atoms with Crippen LogP contribution in [0.4, 0.5) is 0 Å². The minimum absolute atomic E-state index is 0.0215. The number of hydrogen-bond acceptors (Lipinski definition) is 4. The van der Waals surface area contributed by atoms with Crippen molar-refractivity contribution in [3.63, 3.8) is 0 Å². The average molecular weight is 298 g/mol. The number of amides is 1. The van der Waals surface area contributed by atoms with Crippen molar-refractivity contribution in [2.45, 2.75) is 37.8 Å². The number of hydrogen-bond donors (Lipinski definition) is 0. The Labute approximate surface area is 121 Å². The lowest BCUT2D eigenvalue weighted by atomic mass is 9.90. The largest absolute Gasteiger partial charge is 0.457 e. The van der Waals surface area contributed by atoms with E-state index >= 15 is 0 Å². The second kappa shape index (κ2) is 5.09. The van der Waals surface area contributed by atoms with Crippen molar-refractivity contribution in [3.05, 3.63) is 17.4 Å². The normalized spacial score (nSPS) is 26.1. The molecule has 2 aliphatic rings. The molecule has 0 saturated carbocycles. The van der Waals surface area contributed by atoms with Crippen LogP contribution in [0.15, 0.2) is 12.4 Å². The Morgan fingerprint density at radius 3 is 3.00 bits per heavy atom. The van der Waals surface area contributed by atoms with Gasteiger partial charge in [-0.1, -0.05) is 11.6 Å². The highest BCUT2D eigenvalue weighted by atomic mass is 35.5. The molecule has 2 fully saturated rings. The van der Waals surface area contributed by atoms with Gasteiger partial charge in [0, 0.05) is 19.2 Å². The van der Waals surface area contributed by atoms with E-state index in [0.29, 0.717) is 31.0 Å². The van der Waals surface area contributed by atoms with Crippen LogP contribution in [0.2, 0.25) is 5.02 Å². The van der Waals surface area contributed by atoms with Crippen LogP contribution in [0.1, 0.15) is 25.7 Å². The molecule has 0 bridgehead atoms. The first-order chi connectivity index (χ1) is 9.56. The van der Waals surface area contributed by atoms with Gasteiger partial charge in [-0.3, -0.25) is 14.3 Å². The summed E-state index contributed by atoms with van der Waals surface area (Å²) < 4.78 is 6.97. The number of halogens is 1. The van der Waals surface area contributed by atoms with E-state index in [4.69, 9.17) is 16.3 Å². The molecule has 3 heterocycles. The van der Waals surface area contributed by atoms with Crippen molar-refractivity contribution < 1.29 is 14.3 Å². The highest BCUT2D eigenvalue weighted by Crippen LogP contribution is 2.35. The lowest BCUT2D eigenvalue weighted by Crippen LogP contribution is -2.51. The minimum atomic E-state index is -0.452. The molecule has 1 unspecified atom stereocenters. The maximum atomic E-state index is 12.3. The van der Waals surface area contributed by atoms with Gasteiger partial charge in [0.1, 0.15) is 12.1 Å². The van der Waals surface area contributed by atoms with E-state index in [-0.39, 0.29) is 18.4 Å². The third-order valence-corrected chi connectivity index (χ3v) is 4.10. The zero-order valence-corrected chi connectivity index (χ0v) is 11.8.